The second kappa shape index (κ2) is 7.81. The molecule has 2 rings (SSSR count). The molecule has 0 aromatic heterocycles. The Kier molecular flexibility index (Phi) is 6.72. The van der Waals surface area contributed by atoms with E-state index in [0.717, 1.165) is 31.5 Å². The average Bonchev–Trinajstić information content (AvgIpc) is 2.42. The van der Waals surface area contributed by atoms with Gasteiger partial charge in [0.25, 0.3) is 0 Å². The second-order valence-corrected chi connectivity index (χ2v) is 5.34. The molecule has 0 radical (unpaired) electrons. The third kappa shape index (κ3) is 4.33. The Bertz CT molecular complexity index is 464. The first-order valence-corrected chi connectivity index (χ1v) is 6.92. The number of hydrogen-bond acceptors (Lipinski definition) is 2. The van der Waals surface area contributed by atoms with Crippen molar-refractivity contribution in [2.24, 2.45) is 5.92 Å². The van der Waals surface area contributed by atoms with Gasteiger partial charge in [-0.3, -0.25) is 4.79 Å². The highest BCUT2D eigenvalue weighted by Crippen LogP contribution is 2.21. The minimum absolute atomic E-state index is 0. The zero-order valence-corrected chi connectivity index (χ0v) is 12.9. The maximum absolute atomic E-state index is 13.1. The van der Waals surface area contributed by atoms with Crippen LogP contribution in [-0.4, -0.2) is 19.0 Å². The summed E-state index contributed by atoms with van der Waals surface area (Å²) < 4.78 is 13.1. The molecule has 1 aromatic rings. The molecule has 1 aliphatic heterocycles. The smallest absolute Gasteiger partial charge is 0.223 e. The molecule has 3 nitrogen and oxygen atoms in total. The molecule has 0 saturated carbocycles. The summed E-state index contributed by atoms with van der Waals surface area (Å²) in [6, 6.07) is 4.37. The molecule has 1 heterocycles. The van der Waals surface area contributed by atoms with Gasteiger partial charge in [-0.05, 0) is 50.6 Å². The van der Waals surface area contributed by atoms with Crippen LogP contribution >= 0.6 is 24.0 Å². The van der Waals surface area contributed by atoms with Gasteiger partial charge in [0.05, 0.1) is 11.1 Å². The van der Waals surface area contributed by atoms with Gasteiger partial charge in [-0.25, -0.2) is 4.39 Å². The number of rotatable bonds is 3. The summed E-state index contributed by atoms with van der Waals surface area (Å²) in [5.41, 5.74) is 0.814. The fraction of sp³-hybridized carbons (Fsp3) is 0.500. The zero-order valence-electron chi connectivity index (χ0n) is 11.3. The van der Waals surface area contributed by atoms with Crippen LogP contribution in [0, 0.1) is 11.7 Å². The Balaban J connectivity index is 0.00000200. The van der Waals surface area contributed by atoms with Gasteiger partial charge in [-0.1, -0.05) is 17.7 Å². The van der Waals surface area contributed by atoms with Crippen molar-refractivity contribution in [3.63, 3.8) is 0 Å². The third-order valence-corrected chi connectivity index (χ3v) is 3.80. The van der Waals surface area contributed by atoms with Crippen LogP contribution in [-0.2, 0) is 4.79 Å². The van der Waals surface area contributed by atoms with E-state index in [1.165, 1.54) is 6.07 Å². The molecule has 1 amide bonds. The van der Waals surface area contributed by atoms with Gasteiger partial charge in [-0.2, -0.15) is 0 Å². The number of benzene rings is 1. The van der Waals surface area contributed by atoms with E-state index in [0.29, 0.717) is 0 Å². The Morgan fingerprint density at radius 3 is 2.70 bits per heavy atom. The molecule has 6 heteroatoms. The molecule has 2 N–H and O–H groups in total. The normalized spacial score (nSPS) is 17.1. The number of halogens is 3. The maximum Gasteiger partial charge on any atom is 0.223 e. The largest absolute Gasteiger partial charge is 0.349 e. The number of amides is 1. The van der Waals surface area contributed by atoms with Crippen LogP contribution in [0.1, 0.15) is 31.4 Å². The van der Waals surface area contributed by atoms with Crippen LogP contribution in [0.2, 0.25) is 5.02 Å². The first-order chi connectivity index (χ1) is 9.08. The Labute approximate surface area is 129 Å². The molecule has 20 heavy (non-hydrogen) atoms. The standard InChI is InChI=1S/C14H18ClFN2O.ClH/c1-9(11-2-3-13(16)12(15)8-11)18-14(19)10-4-6-17-7-5-10;/h2-3,8-10,17H,4-7H2,1H3,(H,18,19);1H. The number of nitrogens with one attached hydrogen (secondary N) is 2. The molecule has 1 fully saturated rings. The van der Waals surface area contributed by atoms with Gasteiger partial charge < -0.3 is 10.6 Å². The summed E-state index contributed by atoms with van der Waals surface area (Å²) in [4.78, 5) is 12.1. The van der Waals surface area contributed by atoms with Gasteiger partial charge in [0.1, 0.15) is 5.82 Å². The number of carbonyl (C=O) groups excluding carboxylic acids is 1. The van der Waals surface area contributed by atoms with Gasteiger partial charge in [0.15, 0.2) is 0 Å². The van der Waals surface area contributed by atoms with Crippen molar-refractivity contribution >= 4 is 29.9 Å². The summed E-state index contributed by atoms with van der Waals surface area (Å²) in [6.07, 6.45) is 1.73. The van der Waals surface area contributed by atoms with Crippen LogP contribution in [0.15, 0.2) is 18.2 Å². The number of hydrogen-bond donors (Lipinski definition) is 2. The Hall–Kier alpha value is -0.840. The fourth-order valence-corrected chi connectivity index (χ4v) is 2.47. The highest BCUT2D eigenvalue weighted by Gasteiger charge is 2.22. The fourth-order valence-electron chi connectivity index (χ4n) is 2.28. The molecule has 0 aliphatic carbocycles. The molecule has 1 unspecified atom stereocenters. The van der Waals surface area contributed by atoms with E-state index in [9.17, 15) is 9.18 Å². The summed E-state index contributed by atoms with van der Waals surface area (Å²) in [6.45, 7) is 3.65. The summed E-state index contributed by atoms with van der Waals surface area (Å²) in [5, 5.41) is 6.28. The lowest BCUT2D eigenvalue weighted by atomic mass is 9.96. The Morgan fingerprint density at radius 1 is 1.45 bits per heavy atom. The molecule has 1 atom stereocenters. The van der Waals surface area contributed by atoms with Gasteiger partial charge >= 0.3 is 0 Å². The molecule has 1 saturated heterocycles. The van der Waals surface area contributed by atoms with Crippen LogP contribution in [0.4, 0.5) is 4.39 Å². The topological polar surface area (TPSA) is 41.1 Å². The van der Waals surface area contributed by atoms with E-state index in [2.05, 4.69) is 10.6 Å². The monoisotopic (exact) mass is 320 g/mol. The van der Waals surface area contributed by atoms with Crippen molar-refractivity contribution in [2.75, 3.05) is 13.1 Å². The summed E-state index contributed by atoms with van der Waals surface area (Å²) in [7, 11) is 0. The molecular formula is C14H19Cl2FN2O. The molecule has 1 aromatic carbocycles. The van der Waals surface area contributed by atoms with Crippen LogP contribution in [0.5, 0.6) is 0 Å². The first kappa shape index (κ1) is 17.2. The van der Waals surface area contributed by atoms with Crippen molar-refractivity contribution in [3.05, 3.63) is 34.6 Å². The van der Waals surface area contributed by atoms with Crippen molar-refractivity contribution in [2.45, 2.75) is 25.8 Å². The second-order valence-electron chi connectivity index (χ2n) is 4.93. The minimum atomic E-state index is -0.442. The van der Waals surface area contributed by atoms with Crippen molar-refractivity contribution < 1.29 is 9.18 Å². The van der Waals surface area contributed by atoms with Crippen molar-refractivity contribution in [3.8, 4) is 0 Å². The third-order valence-electron chi connectivity index (χ3n) is 3.51. The predicted molar refractivity (Wildman–Crippen MR) is 80.8 cm³/mol. The van der Waals surface area contributed by atoms with E-state index in [1.807, 2.05) is 6.92 Å². The first-order valence-electron chi connectivity index (χ1n) is 6.54. The van der Waals surface area contributed by atoms with Gasteiger partial charge in [0, 0.05) is 5.92 Å². The molecular weight excluding hydrogens is 302 g/mol. The van der Waals surface area contributed by atoms with Crippen LogP contribution < -0.4 is 10.6 Å². The SMILES string of the molecule is CC(NC(=O)C1CCNCC1)c1ccc(F)c(Cl)c1.Cl. The lowest BCUT2D eigenvalue weighted by Gasteiger charge is -2.24. The number of carbonyl (C=O) groups is 1. The summed E-state index contributed by atoms with van der Waals surface area (Å²) in [5.74, 6) is -0.309. The molecule has 1 aliphatic rings. The van der Waals surface area contributed by atoms with Crippen molar-refractivity contribution in [1.29, 1.82) is 0 Å². The molecule has 112 valence electrons. The van der Waals surface area contributed by atoms with E-state index >= 15 is 0 Å². The van der Waals surface area contributed by atoms with E-state index in [-0.39, 0.29) is 35.3 Å². The Morgan fingerprint density at radius 2 is 2.10 bits per heavy atom. The molecule has 0 spiro atoms. The number of piperidine rings is 1. The highest BCUT2D eigenvalue weighted by atomic mass is 35.5. The highest BCUT2D eigenvalue weighted by molar-refractivity contribution is 6.30. The maximum atomic E-state index is 13.1. The molecule has 0 bridgehead atoms. The predicted octanol–water partition coefficient (Wildman–Crippen LogP) is 3.08. The zero-order chi connectivity index (χ0) is 13.8. The van der Waals surface area contributed by atoms with Crippen LogP contribution in [0.3, 0.4) is 0 Å². The van der Waals surface area contributed by atoms with Gasteiger partial charge in [0.2, 0.25) is 5.91 Å². The summed E-state index contributed by atoms with van der Waals surface area (Å²) >= 11 is 5.75. The lowest BCUT2D eigenvalue weighted by molar-refractivity contribution is -0.126. The minimum Gasteiger partial charge on any atom is -0.349 e. The van der Waals surface area contributed by atoms with E-state index < -0.39 is 5.82 Å². The quantitative estimate of drug-likeness (QED) is 0.898. The van der Waals surface area contributed by atoms with E-state index in [4.69, 9.17) is 11.6 Å². The lowest BCUT2D eigenvalue weighted by Crippen LogP contribution is -2.39. The van der Waals surface area contributed by atoms with Crippen LogP contribution in [0.25, 0.3) is 0 Å². The van der Waals surface area contributed by atoms with Gasteiger partial charge in [-0.15, -0.1) is 12.4 Å². The average molecular weight is 321 g/mol. The van der Waals surface area contributed by atoms with E-state index in [1.54, 1.807) is 12.1 Å². The van der Waals surface area contributed by atoms with Crippen molar-refractivity contribution in [1.82, 2.24) is 10.6 Å².